The monoisotopic (exact) mass is 579 g/mol. The van der Waals surface area contributed by atoms with Crippen LogP contribution in [0.25, 0.3) is 10.9 Å². The van der Waals surface area contributed by atoms with Crippen LogP contribution in [0.3, 0.4) is 0 Å². The molecule has 5 rings (SSSR count). The first-order chi connectivity index (χ1) is 19.4. The Balaban J connectivity index is 1.28. The second-order valence-electron chi connectivity index (χ2n) is 9.47. The van der Waals surface area contributed by atoms with E-state index < -0.39 is 17.0 Å². The predicted octanol–water partition coefficient (Wildman–Crippen LogP) is 6.06. The van der Waals surface area contributed by atoms with E-state index in [1.807, 2.05) is 42.0 Å². The highest BCUT2D eigenvalue weighted by Crippen LogP contribution is 2.40. The quantitative estimate of drug-likeness (QED) is 0.176. The van der Waals surface area contributed by atoms with Gasteiger partial charge in [-0.2, -0.15) is 0 Å². The molecule has 0 radical (unpaired) electrons. The number of halogens is 1. The molecule has 1 unspecified atom stereocenters. The zero-order chi connectivity index (χ0) is 28.2. The fourth-order valence-corrected chi connectivity index (χ4v) is 7.21. The number of aromatic nitrogens is 1. The molecule has 2 aromatic heterocycles. The summed E-state index contributed by atoms with van der Waals surface area (Å²) in [5.74, 6) is -1.60. The number of aryl methyl sites for hydroxylation is 1. The van der Waals surface area contributed by atoms with Gasteiger partial charge in [-0.15, -0.1) is 23.1 Å². The van der Waals surface area contributed by atoms with Crippen LogP contribution in [0.2, 0.25) is 0 Å². The average Bonchev–Trinajstić information content (AvgIpc) is 3.62. The number of anilines is 1. The van der Waals surface area contributed by atoms with Crippen molar-refractivity contribution in [3.8, 4) is 0 Å². The summed E-state index contributed by atoms with van der Waals surface area (Å²) in [6.07, 6.45) is 4.70. The third kappa shape index (κ3) is 5.78. The first-order valence-corrected chi connectivity index (χ1v) is 15.0. The van der Waals surface area contributed by atoms with Crippen molar-refractivity contribution >= 4 is 56.8 Å². The van der Waals surface area contributed by atoms with Crippen molar-refractivity contribution in [2.45, 2.75) is 49.8 Å². The minimum absolute atomic E-state index is 0.0121. The molecular weight excluding hydrogens is 549 g/mol. The number of carbonyl (C=O) groups excluding carboxylic acids is 3. The first kappa shape index (κ1) is 27.9. The normalized spacial score (nSPS) is 13.2. The Morgan fingerprint density at radius 3 is 2.70 bits per heavy atom. The predicted molar refractivity (Wildman–Crippen MR) is 157 cm³/mol. The van der Waals surface area contributed by atoms with Crippen molar-refractivity contribution in [3.63, 3.8) is 0 Å². The lowest BCUT2D eigenvalue weighted by molar-refractivity contribution is -0.115. The zero-order valence-electron chi connectivity index (χ0n) is 22.3. The number of carbonyl (C=O) groups is 3. The maximum Gasteiger partial charge on any atom is 0.341 e. The van der Waals surface area contributed by atoms with Gasteiger partial charge in [-0.25, -0.2) is 9.18 Å². The number of nitrogens with one attached hydrogen (secondary N) is 2. The molecule has 0 saturated heterocycles. The van der Waals surface area contributed by atoms with Crippen LogP contribution in [-0.2, 0) is 28.9 Å². The Bertz CT molecular complexity index is 1580. The molecule has 0 bridgehead atoms. The third-order valence-electron chi connectivity index (χ3n) is 6.82. The van der Waals surface area contributed by atoms with Crippen LogP contribution in [-0.4, -0.2) is 40.8 Å². The van der Waals surface area contributed by atoms with Gasteiger partial charge in [0.15, 0.2) is 0 Å². The van der Waals surface area contributed by atoms with Gasteiger partial charge in [0.1, 0.15) is 10.8 Å². The van der Waals surface area contributed by atoms with Crippen LogP contribution in [0.15, 0.2) is 59.6 Å². The molecule has 1 aliphatic rings. The van der Waals surface area contributed by atoms with E-state index in [1.54, 1.807) is 19.1 Å². The smallest absolute Gasteiger partial charge is 0.341 e. The molecule has 2 heterocycles. The Morgan fingerprint density at radius 1 is 1.12 bits per heavy atom. The summed E-state index contributed by atoms with van der Waals surface area (Å²) in [4.78, 5) is 40.4. The second kappa shape index (κ2) is 12.3. The summed E-state index contributed by atoms with van der Waals surface area (Å²) in [5.41, 5.74) is 2.48. The molecular formula is C30H30FN3O4S2. The van der Waals surface area contributed by atoms with Gasteiger partial charge in [-0.3, -0.25) is 9.59 Å². The van der Waals surface area contributed by atoms with Crippen molar-refractivity contribution in [2.75, 3.05) is 18.5 Å². The third-order valence-corrected chi connectivity index (χ3v) is 9.17. The summed E-state index contributed by atoms with van der Waals surface area (Å²) in [6, 6.07) is 13.8. The number of benzene rings is 2. The topological polar surface area (TPSA) is 89.4 Å². The number of nitrogens with zero attached hydrogens (tertiary/aromatic N) is 1. The van der Waals surface area contributed by atoms with Gasteiger partial charge in [-0.1, -0.05) is 30.3 Å². The molecule has 4 aromatic rings. The highest BCUT2D eigenvalue weighted by molar-refractivity contribution is 8.00. The largest absolute Gasteiger partial charge is 0.462 e. The number of ether oxygens (including phenoxy) is 1. The minimum Gasteiger partial charge on any atom is -0.462 e. The molecule has 1 atom stereocenters. The van der Waals surface area contributed by atoms with E-state index >= 15 is 0 Å². The number of amides is 2. The van der Waals surface area contributed by atoms with Crippen LogP contribution < -0.4 is 10.6 Å². The Labute approximate surface area is 240 Å². The van der Waals surface area contributed by atoms with Gasteiger partial charge in [0.25, 0.3) is 5.91 Å². The van der Waals surface area contributed by atoms with Gasteiger partial charge in [0.2, 0.25) is 5.91 Å². The number of hydrogen-bond donors (Lipinski definition) is 2. The number of fused-ring (bicyclic) bond motifs is 2. The standard InChI is InChI=1S/C30H30FN3O4S2/c1-3-38-30(37)26-21-11-8-14-24(21)40-29(26)33-27(35)18(2)39-25-17-34(23-13-7-5-10-20(23)25)16-15-32-28(36)19-9-4-6-12-22(19)31/h4-7,9-10,12-13,17-18H,3,8,11,14-16H2,1-2H3,(H,32,36)(H,33,35). The van der Waals surface area contributed by atoms with Crippen LogP contribution in [0.4, 0.5) is 9.39 Å². The van der Waals surface area contributed by atoms with Gasteiger partial charge < -0.3 is 19.9 Å². The fraction of sp³-hybridized carbons (Fsp3) is 0.300. The summed E-state index contributed by atoms with van der Waals surface area (Å²) >= 11 is 2.90. The van der Waals surface area contributed by atoms with E-state index in [0.29, 0.717) is 23.7 Å². The summed E-state index contributed by atoms with van der Waals surface area (Å²) in [5, 5.41) is 6.90. The van der Waals surface area contributed by atoms with Gasteiger partial charge in [0, 0.05) is 40.0 Å². The van der Waals surface area contributed by atoms with Gasteiger partial charge >= 0.3 is 5.97 Å². The number of rotatable bonds is 10. The van der Waals surface area contributed by atoms with E-state index in [-0.39, 0.29) is 24.0 Å². The molecule has 40 heavy (non-hydrogen) atoms. The average molecular weight is 580 g/mol. The lowest BCUT2D eigenvalue weighted by Crippen LogP contribution is -2.27. The Morgan fingerprint density at radius 2 is 1.90 bits per heavy atom. The van der Waals surface area contributed by atoms with Crippen LogP contribution >= 0.6 is 23.1 Å². The summed E-state index contributed by atoms with van der Waals surface area (Å²) < 4.78 is 21.2. The van der Waals surface area contributed by atoms with Crippen molar-refractivity contribution in [1.29, 1.82) is 0 Å². The van der Waals surface area contributed by atoms with Crippen molar-refractivity contribution in [1.82, 2.24) is 9.88 Å². The number of thioether (sulfide) groups is 1. The summed E-state index contributed by atoms with van der Waals surface area (Å²) in [6.45, 7) is 4.68. The molecule has 2 N–H and O–H groups in total. The van der Waals surface area contributed by atoms with Crippen LogP contribution in [0.1, 0.15) is 51.4 Å². The fourth-order valence-electron chi connectivity index (χ4n) is 4.89. The summed E-state index contributed by atoms with van der Waals surface area (Å²) in [7, 11) is 0. The number of esters is 1. The van der Waals surface area contributed by atoms with E-state index in [0.717, 1.165) is 45.5 Å². The highest BCUT2D eigenvalue weighted by Gasteiger charge is 2.29. The van der Waals surface area contributed by atoms with Gasteiger partial charge in [0.05, 0.1) is 23.0 Å². The minimum atomic E-state index is -0.557. The van der Waals surface area contributed by atoms with Crippen molar-refractivity contribution in [3.05, 3.63) is 82.1 Å². The SMILES string of the molecule is CCOC(=O)c1c(NC(=O)C(C)Sc2cn(CCNC(=O)c3ccccc3F)c3ccccc23)sc2c1CCC2. The number of thiophene rings is 1. The molecule has 0 saturated carbocycles. The van der Waals surface area contributed by atoms with Gasteiger partial charge in [-0.05, 0) is 56.9 Å². The van der Waals surface area contributed by atoms with Crippen molar-refractivity contribution in [2.24, 2.45) is 0 Å². The highest BCUT2D eigenvalue weighted by atomic mass is 32.2. The number of para-hydroxylation sites is 1. The molecule has 10 heteroatoms. The zero-order valence-corrected chi connectivity index (χ0v) is 23.9. The van der Waals surface area contributed by atoms with E-state index in [9.17, 15) is 18.8 Å². The maximum absolute atomic E-state index is 13.9. The molecule has 208 valence electrons. The molecule has 7 nitrogen and oxygen atoms in total. The first-order valence-electron chi connectivity index (χ1n) is 13.3. The van der Waals surface area contributed by atoms with E-state index in [1.165, 1.54) is 35.2 Å². The van der Waals surface area contributed by atoms with E-state index in [2.05, 4.69) is 10.6 Å². The number of hydrogen-bond acceptors (Lipinski definition) is 6. The lowest BCUT2D eigenvalue weighted by Gasteiger charge is -2.12. The second-order valence-corrected chi connectivity index (χ2v) is 12.0. The van der Waals surface area contributed by atoms with Crippen LogP contribution in [0, 0.1) is 5.82 Å². The van der Waals surface area contributed by atoms with E-state index in [4.69, 9.17) is 4.74 Å². The molecule has 0 fully saturated rings. The molecule has 0 aliphatic heterocycles. The molecule has 1 aliphatic carbocycles. The lowest BCUT2D eigenvalue weighted by atomic mass is 10.1. The molecule has 2 amide bonds. The Kier molecular flexibility index (Phi) is 8.56. The molecule has 0 spiro atoms. The van der Waals surface area contributed by atoms with Crippen molar-refractivity contribution < 1.29 is 23.5 Å². The maximum atomic E-state index is 13.9. The van der Waals surface area contributed by atoms with Crippen LogP contribution in [0.5, 0.6) is 0 Å². The molecule has 2 aromatic carbocycles. The Hall–Kier alpha value is -3.63.